The quantitative estimate of drug-likeness (QED) is 0.828. The van der Waals surface area contributed by atoms with Gasteiger partial charge in [0.1, 0.15) is 0 Å². The van der Waals surface area contributed by atoms with Crippen LogP contribution in [0.4, 0.5) is 0 Å². The Morgan fingerprint density at radius 2 is 1.89 bits per heavy atom. The molecule has 0 aromatic carbocycles. The first-order chi connectivity index (χ1) is 8.78. The highest BCUT2D eigenvalue weighted by Gasteiger charge is 2.43. The van der Waals surface area contributed by atoms with E-state index >= 15 is 0 Å². The van der Waals surface area contributed by atoms with E-state index in [-0.39, 0.29) is 0 Å². The number of nitrogens with zero attached hydrogens (tertiary/aromatic N) is 1. The number of hydrogen-bond donors (Lipinski definition) is 1. The molecule has 0 bridgehead atoms. The SMILES string of the molecule is CCC1C2CNCC2CN1CC1CCC(C)CC1. The van der Waals surface area contributed by atoms with Gasteiger partial charge in [-0.3, -0.25) is 4.90 Å². The third-order valence-corrected chi connectivity index (χ3v) is 5.87. The summed E-state index contributed by atoms with van der Waals surface area (Å²) in [6.45, 7) is 10.2. The van der Waals surface area contributed by atoms with Crippen LogP contribution in [-0.4, -0.2) is 37.1 Å². The van der Waals surface area contributed by atoms with E-state index in [1.54, 1.807) is 0 Å². The number of fused-ring (bicyclic) bond motifs is 1. The lowest BCUT2D eigenvalue weighted by Gasteiger charge is -2.33. The molecule has 1 N–H and O–H groups in total. The summed E-state index contributed by atoms with van der Waals surface area (Å²) in [5.74, 6) is 3.90. The topological polar surface area (TPSA) is 15.3 Å². The van der Waals surface area contributed by atoms with Gasteiger partial charge in [0.15, 0.2) is 0 Å². The molecule has 18 heavy (non-hydrogen) atoms. The van der Waals surface area contributed by atoms with Crippen molar-refractivity contribution < 1.29 is 0 Å². The van der Waals surface area contributed by atoms with E-state index in [4.69, 9.17) is 0 Å². The Balaban J connectivity index is 1.56. The minimum absolute atomic E-state index is 0.879. The van der Waals surface area contributed by atoms with Crippen LogP contribution in [0.15, 0.2) is 0 Å². The predicted molar refractivity (Wildman–Crippen MR) is 76.6 cm³/mol. The van der Waals surface area contributed by atoms with E-state index in [9.17, 15) is 0 Å². The lowest BCUT2D eigenvalue weighted by atomic mass is 9.82. The summed E-state index contributed by atoms with van der Waals surface area (Å²) in [6.07, 6.45) is 7.28. The minimum Gasteiger partial charge on any atom is -0.316 e. The van der Waals surface area contributed by atoms with Crippen LogP contribution < -0.4 is 5.32 Å². The van der Waals surface area contributed by atoms with Crippen LogP contribution in [0, 0.1) is 23.7 Å². The van der Waals surface area contributed by atoms with E-state index in [1.165, 1.54) is 58.3 Å². The zero-order valence-electron chi connectivity index (χ0n) is 12.2. The second-order valence-corrected chi connectivity index (χ2v) is 7.14. The highest BCUT2D eigenvalue weighted by atomic mass is 15.2. The molecule has 1 aliphatic carbocycles. The number of rotatable bonds is 3. The van der Waals surface area contributed by atoms with Crippen LogP contribution in [-0.2, 0) is 0 Å². The van der Waals surface area contributed by atoms with Gasteiger partial charge in [0.25, 0.3) is 0 Å². The second-order valence-electron chi connectivity index (χ2n) is 7.14. The van der Waals surface area contributed by atoms with Gasteiger partial charge in [-0.05, 0) is 56.0 Å². The summed E-state index contributed by atoms with van der Waals surface area (Å²) in [5, 5.41) is 3.59. The van der Waals surface area contributed by atoms with Crippen LogP contribution in [0.2, 0.25) is 0 Å². The van der Waals surface area contributed by atoms with Gasteiger partial charge >= 0.3 is 0 Å². The van der Waals surface area contributed by atoms with Crippen LogP contribution in [0.5, 0.6) is 0 Å². The summed E-state index contributed by atoms with van der Waals surface area (Å²) < 4.78 is 0. The lowest BCUT2D eigenvalue weighted by Crippen LogP contribution is -2.39. The number of likely N-dealkylation sites (tertiary alicyclic amines) is 1. The largest absolute Gasteiger partial charge is 0.316 e. The first-order valence-electron chi connectivity index (χ1n) is 8.22. The Labute approximate surface area is 113 Å². The van der Waals surface area contributed by atoms with Gasteiger partial charge < -0.3 is 5.32 Å². The third kappa shape index (κ3) is 2.46. The Kier molecular flexibility index (Phi) is 3.95. The molecule has 2 saturated heterocycles. The summed E-state index contributed by atoms with van der Waals surface area (Å²) in [7, 11) is 0. The molecule has 3 atom stereocenters. The smallest absolute Gasteiger partial charge is 0.0137 e. The minimum atomic E-state index is 0.879. The van der Waals surface area contributed by atoms with Crippen LogP contribution in [0.3, 0.4) is 0 Å². The van der Waals surface area contributed by atoms with Gasteiger partial charge in [0.2, 0.25) is 0 Å². The molecule has 0 aromatic rings. The fourth-order valence-corrected chi connectivity index (χ4v) is 4.73. The summed E-state index contributed by atoms with van der Waals surface area (Å²) in [4.78, 5) is 2.86. The van der Waals surface area contributed by atoms with Crippen molar-refractivity contribution in [1.82, 2.24) is 10.2 Å². The molecule has 2 aliphatic heterocycles. The van der Waals surface area contributed by atoms with Crippen LogP contribution in [0.1, 0.15) is 46.0 Å². The van der Waals surface area contributed by atoms with Gasteiger partial charge in [0.05, 0.1) is 0 Å². The molecule has 104 valence electrons. The molecule has 3 aliphatic rings. The van der Waals surface area contributed by atoms with Gasteiger partial charge in [-0.2, -0.15) is 0 Å². The van der Waals surface area contributed by atoms with Gasteiger partial charge in [-0.25, -0.2) is 0 Å². The molecule has 2 heterocycles. The van der Waals surface area contributed by atoms with E-state index in [0.29, 0.717) is 0 Å². The number of nitrogens with one attached hydrogen (secondary N) is 1. The Bertz CT molecular complexity index is 270. The van der Waals surface area contributed by atoms with E-state index in [2.05, 4.69) is 24.1 Å². The fourth-order valence-electron chi connectivity index (χ4n) is 4.73. The average molecular weight is 250 g/mol. The second kappa shape index (κ2) is 5.50. The highest BCUT2D eigenvalue weighted by molar-refractivity contribution is 4.98. The molecule has 3 rings (SSSR count). The standard InChI is InChI=1S/C16H30N2/c1-3-16-15-9-17-8-14(15)11-18(16)10-13-6-4-12(2)5-7-13/h12-17H,3-11H2,1-2H3. The van der Waals surface area contributed by atoms with E-state index in [0.717, 1.165) is 29.7 Å². The fraction of sp³-hybridized carbons (Fsp3) is 1.00. The van der Waals surface area contributed by atoms with Gasteiger partial charge in [0, 0.05) is 19.1 Å². The first kappa shape index (κ1) is 12.9. The Hall–Kier alpha value is -0.0800. The molecular formula is C16H30N2. The van der Waals surface area contributed by atoms with Crippen molar-refractivity contribution in [3.63, 3.8) is 0 Å². The Morgan fingerprint density at radius 1 is 1.11 bits per heavy atom. The third-order valence-electron chi connectivity index (χ3n) is 5.87. The maximum atomic E-state index is 3.59. The first-order valence-corrected chi connectivity index (χ1v) is 8.22. The van der Waals surface area contributed by atoms with Gasteiger partial charge in [-0.15, -0.1) is 0 Å². The van der Waals surface area contributed by atoms with E-state index in [1.807, 2.05) is 0 Å². The van der Waals surface area contributed by atoms with Crippen molar-refractivity contribution in [3.8, 4) is 0 Å². The van der Waals surface area contributed by atoms with E-state index < -0.39 is 0 Å². The molecule has 3 unspecified atom stereocenters. The zero-order valence-corrected chi connectivity index (χ0v) is 12.2. The van der Waals surface area contributed by atoms with Crippen molar-refractivity contribution >= 4 is 0 Å². The van der Waals surface area contributed by atoms with Crippen molar-refractivity contribution in [1.29, 1.82) is 0 Å². The molecule has 2 heteroatoms. The van der Waals surface area contributed by atoms with Crippen molar-refractivity contribution in [2.45, 2.75) is 52.0 Å². The molecule has 2 nitrogen and oxygen atoms in total. The summed E-state index contributed by atoms with van der Waals surface area (Å²) in [6, 6.07) is 0.879. The molecule has 0 amide bonds. The summed E-state index contributed by atoms with van der Waals surface area (Å²) >= 11 is 0. The van der Waals surface area contributed by atoms with Crippen molar-refractivity contribution in [2.24, 2.45) is 23.7 Å². The number of hydrogen-bond acceptors (Lipinski definition) is 2. The zero-order chi connectivity index (χ0) is 12.5. The van der Waals surface area contributed by atoms with Crippen LogP contribution in [0.25, 0.3) is 0 Å². The molecule has 0 aromatic heterocycles. The summed E-state index contributed by atoms with van der Waals surface area (Å²) in [5.41, 5.74) is 0. The van der Waals surface area contributed by atoms with Gasteiger partial charge in [-0.1, -0.05) is 26.7 Å². The molecule has 0 spiro atoms. The lowest BCUT2D eigenvalue weighted by molar-refractivity contribution is 0.156. The molecule has 0 radical (unpaired) electrons. The molecule has 1 saturated carbocycles. The maximum Gasteiger partial charge on any atom is 0.0137 e. The highest BCUT2D eigenvalue weighted by Crippen LogP contribution is 2.37. The van der Waals surface area contributed by atoms with Crippen molar-refractivity contribution in [2.75, 3.05) is 26.2 Å². The maximum absolute atomic E-state index is 3.59. The predicted octanol–water partition coefficient (Wildman–Crippen LogP) is 2.74. The Morgan fingerprint density at radius 3 is 2.61 bits per heavy atom. The van der Waals surface area contributed by atoms with Crippen LogP contribution >= 0.6 is 0 Å². The monoisotopic (exact) mass is 250 g/mol. The normalized spacial score (nSPS) is 45.3. The average Bonchev–Trinajstić information content (AvgIpc) is 2.92. The molecule has 3 fully saturated rings. The molecular weight excluding hydrogens is 220 g/mol. The van der Waals surface area contributed by atoms with Crippen molar-refractivity contribution in [3.05, 3.63) is 0 Å².